The summed E-state index contributed by atoms with van der Waals surface area (Å²) in [5, 5.41) is 4.54. The maximum absolute atomic E-state index is 11.2. The number of hydrogen-bond donors (Lipinski definition) is 0. The molecule has 106 valence electrons. The number of nitrogens with zero attached hydrogens (tertiary/aromatic N) is 2. The lowest BCUT2D eigenvalue weighted by molar-refractivity contribution is 0.112. The van der Waals surface area contributed by atoms with Crippen LogP contribution in [0.1, 0.15) is 43.6 Å². The van der Waals surface area contributed by atoms with Crippen molar-refractivity contribution in [2.75, 3.05) is 6.61 Å². The van der Waals surface area contributed by atoms with E-state index >= 15 is 0 Å². The fourth-order valence-corrected chi connectivity index (χ4v) is 2.00. The quantitative estimate of drug-likeness (QED) is 0.752. The van der Waals surface area contributed by atoms with Crippen LogP contribution in [0.25, 0.3) is 11.3 Å². The summed E-state index contributed by atoms with van der Waals surface area (Å²) in [7, 11) is 0. The summed E-state index contributed by atoms with van der Waals surface area (Å²) in [5.74, 6) is 0.824. The first-order chi connectivity index (χ1) is 9.69. The van der Waals surface area contributed by atoms with E-state index in [1.54, 1.807) is 0 Å². The Balaban J connectivity index is 2.35. The fraction of sp³-hybridized carbons (Fsp3) is 0.375. The molecule has 2 aromatic rings. The summed E-state index contributed by atoms with van der Waals surface area (Å²) >= 11 is 0. The Hall–Kier alpha value is -2.10. The van der Waals surface area contributed by atoms with E-state index in [9.17, 15) is 4.79 Å². The Morgan fingerprint density at radius 3 is 2.55 bits per heavy atom. The van der Waals surface area contributed by atoms with Gasteiger partial charge in [-0.3, -0.25) is 9.48 Å². The van der Waals surface area contributed by atoms with E-state index in [0.29, 0.717) is 12.2 Å². The van der Waals surface area contributed by atoms with Crippen molar-refractivity contribution >= 4 is 6.29 Å². The minimum Gasteiger partial charge on any atom is -0.494 e. The van der Waals surface area contributed by atoms with E-state index in [0.717, 1.165) is 29.7 Å². The lowest BCUT2D eigenvalue weighted by Crippen LogP contribution is -2.04. The molecule has 20 heavy (non-hydrogen) atoms. The molecule has 4 heteroatoms. The van der Waals surface area contributed by atoms with Crippen molar-refractivity contribution in [3.05, 3.63) is 36.0 Å². The number of carbonyl (C=O) groups excluding carboxylic acids is 1. The van der Waals surface area contributed by atoms with E-state index in [1.165, 1.54) is 0 Å². The van der Waals surface area contributed by atoms with E-state index in [2.05, 4.69) is 18.9 Å². The van der Waals surface area contributed by atoms with Crippen LogP contribution in [0, 0.1) is 0 Å². The Bertz CT molecular complexity index is 573. The van der Waals surface area contributed by atoms with Crippen molar-refractivity contribution in [1.82, 2.24) is 9.78 Å². The highest BCUT2D eigenvalue weighted by atomic mass is 16.5. The highest BCUT2D eigenvalue weighted by Crippen LogP contribution is 2.25. The molecule has 0 N–H and O–H groups in total. The van der Waals surface area contributed by atoms with Gasteiger partial charge >= 0.3 is 0 Å². The fourth-order valence-electron chi connectivity index (χ4n) is 2.00. The third kappa shape index (κ3) is 2.90. The van der Waals surface area contributed by atoms with Crippen LogP contribution in [0.2, 0.25) is 0 Å². The number of hydrogen-bond acceptors (Lipinski definition) is 3. The zero-order valence-corrected chi connectivity index (χ0v) is 12.2. The van der Waals surface area contributed by atoms with Crippen LogP contribution in [-0.4, -0.2) is 22.7 Å². The molecule has 1 aromatic carbocycles. The highest BCUT2D eigenvalue weighted by molar-refractivity contribution is 5.85. The second kappa shape index (κ2) is 6.37. The van der Waals surface area contributed by atoms with Gasteiger partial charge in [0, 0.05) is 17.8 Å². The molecule has 0 amide bonds. The van der Waals surface area contributed by atoms with Crippen LogP contribution in [-0.2, 0) is 0 Å². The molecule has 0 spiro atoms. The van der Waals surface area contributed by atoms with Gasteiger partial charge in [-0.2, -0.15) is 5.10 Å². The molecule has 1 unspecified atom stereocenters. The molecule has 0 saturated heterocycles. The topological polar surface area (TPSA) is 44.1 Å². The van der Waals surface area contributed by atoms with Crippen molar-refractivity contribution in [3.63, 3.8) is 0 Å². The Labute approximate surface area is 119 Å². The van der Waals surface area contributed by atoms with E-state index in [-0.39, 0.29) is 6.04 Å². The summed E-state index contributed by atoms with van der Waals surface area (Å²) in [6.45, 7) is 6.78. The first-order valence-electron chi connectivity index (χ1n) is 6.97. The van der Waals surface area contributed by atoms with Crippen molar-refractivity contribution < 1.29 is 9.53 Å². The Morgan fingerprint density at radius 1 is 1.30 bits per heavy atom. The average molecular weight is 272 g/mol. The van der Waals surface area contributed by atoms with E-state index in [4.69, 9.17) is 4.74 Å². The molecule has 0 aliphatic carbocycles. The molecule has 0 aliphatic heterocycles. The highest BCUT2D eigenvalue weighted by Gasteiger charge is 2.13. The molecule has 0 saturated carbocycles. The largest absolute Gasteiger partial charge is 0.494 e. The smallest absolute Gasteiger partial charge is 0.153 e. The summed E-state index contributed by atoms with van der Waals surface area (Å²) in [4.78, 5) is 11.2. The van der Waals surface area contributed by atoms with Gasteiger partial charge in [0.05, 0.1) is 12.2 Å². The SMILES string of the molecule is CCOc1ccc(-c2nn(C(C)CC)cc2C=O)cc1. The molecule has 0 aliphatic rings. The Kier molecular flexibility index (Phi) is 4.56. The predicted octanol–water partition coefficient (Wildman–Crippen LogP) is 3.73. The molecule has 1 heterocycles. The molecule has 0 fully saturated rings. The van der Waals surface area contributed by atoms with Gasteiger partial charge in [0.1, 0.15) is 11.4 Å². The van der Waals surface area contributed by atoms with Crippen LogP contribution in [0.5, 0.6) is 5.75 Å². The molecular weight excluding hydrogens is 252 g/mol. The minimum atomic E-state index is 0.283. The van der Waals surface area contributed by atoms with Crippen molar-refractivity contribution in [2.24, 2.45) is 0 Å². The van der Waals surface area contributed by atoms with Gasteiger partial charge in [-0.25, -0.2) is 0 Å². The normalized spacial score (nSPS) is 12.2. The van der Waals surface area contributed by atoms with Gasteiger partial charge in [-0.05, 0) is 44.5 Å². The molecule has 1 aromatic heterocycles. The minimum absolute atomic E-state index is 0.283. The van der Waals surface area contributed by atoms with Gasteiger partial charge in [-0.1, -0.05) is 6.92 Å². The van der Waals surface area contributed by atoms with Crippen LogP contribution < -0.4 is 4.74 Å². The zero-order valence-electron chi connectivity index (χ0n) is 12.2. The number of ether oxygens (including phenoxy) is 1. The molecule has 0 radical (unpaired) electrons. The number of aldehydes is 1. The van der Waals surface area contributed by atoms with E-state index in [1.807, 2.05) is 42.1 Å². The summed E-state index contributed by atoms with van der Waals surface area (Å²) in [6, 6.07) is 7.94. The van der Waals surface area contributed by atoms with Gasteiger partial charge in [-0.15, -0.1) is 0 Å². The summed E-state index contributed by atoms with van der Waals surface area (Å²) < 4.78 is 7.28. The van der Waals surface area contributed by atoms with Crippen LogP contribution in [0.4, 0.5) is 0 Å². The van der Waals surface area contributed by atoms with E-state index < -0.39 is 0 Å². The van der Waals surface area contributed by atoms with Crippen LogP contribution in [0.3, 0.4) is 0 Å². The number of carbonyl (C=O) groups is 1. The first-order valence-corrected chi connectivity index (χ1v) is 6.97. The van der Waals surface area contributed by atoms with Crippen molar-refractivity contribution in [1.29, 1.82) is 0 Å². The zero-order chi connectivity index (χ0) is 14.5. The maximum Gasteiger partial charge on any atom is 0.153 e. The lowest BCUT2D eigenvalue weighted by atomic mass is 10.1. The molecule has 1 atom stereocenters. The number of rotatable bonds is 6. The van der Waals surface area contributed by atoms with Crippen LogP contribution in [0.15, 0.2) is 30.5 Å². The summed E-state index contributed by atoms with van der Waals surface area (Å²) in [5.41, 5.74) is 2.27. The second-order valence-electron chi connectivity index (χ2n) is 4.75. The van der Waals surface area contributed by atoms with Gasteiger partial charge in [0.2, 0.25) is 0 Å². The van der Waals surface area contributed by atoms with Crippen molar-refractivity contribution in [2.45, 2.75) is 33.2 Å². The predicted molar refractivity (Wildman–Crippen MR) is 79.2 cm³/mol. The monoisotopic (exact) mass is 272 g/mol. The molecular formula is C16H20N2O2. The van der Waals surface area contributed by atoms with Gasteiger partial charge in [0.15, 0.2) is 6.29 Å². The molecule has 2 rings (SSSR count). The molecule has 0 bridgehead atoms. The summed E-state index contributed by atoms with van der Waals surface area (Å²) in [6.07, 6.45) is 3.65. The number of aromatic nitrogens is 2. The molecule has 4 nitrogen and oxygen atoms in total. The Morgan fingerprint density at radius 2 is 2.00 bits per heavy atom. The lowest BCUT2D eigenvalue weighted by Gasteiger charge is -2.08. The first kappa shape index (κ1) is 14.3. The third-order valence-electron chi connectivity index (χ3n) is 3.37. The third-order valence-corrected chi connectivity index (χ3v) is 3.37. The van der Waals surface area contributed by atoms with Gasteiger partial charge < -0.3 is 4.74 Å². The average Bonchev–Trinajstić information content (AvgIpc) is 2.92. The van der Waals surface area contributed by atoms with Crippen LogP contribution >= 0.6 is 0 Å². The number of benzene rings is 1. The maximum atomic E-state index is 11.2. The second-order valence-corrected chi connectivity index (χ2v) is 4.75. The van der Waals surface area contributed by atoms with Gasteiger partial charge in [0.25, 0.3) is 0 Å². The standard InChI is InChI=1S/C16H20N2O2/c1-4-12(3)18-10-14(11-19)16(17-18)13-6-8-15(9-7-13)20-5-2/h6-12H,4-5H2,1-3H3. The van der Waals surface area contributed by atoms with Crippen molar-refractivity contribution in [3.8, 4) is 17.0 Å².